The number of ether oxygens (including phenoxy) is 3. The summed E-state index contributed by atoms with van der Waals surface area (Å²) < 4.78 is 16.5. The molecule has 1 aliphatic rings. The predicted octanol–water partition coefficient (Wildman–Crippen LogP) is 2.75. The Balaban J connectivity index is 1.36. The molecule has 0 aromatic heterocycles. The Kier molecular flexibility index (Phi) is 5.85. The number of amides is 1. The maximum Gasteiger partial charge on any atom is 0.230 e. The van der Waals surface area contributed by atoms with Crippen molar-refractivity contribution in [2.75, 3.05) is 32.1 Å². The molecule has 5 nitrogen and oxygen atoms in total. The highest BCUT2D eigenvalue weighted by Crippen LogP contribution is 2.34. The second-order valence-electron chi connectivity index (χ2n) is 5.11. The Morgan fingerprint density at radius 2 is 1.88 bits per heavy atom. The summed E-state index contributed by atoms with van der Waals surface area (Å²) in [6.07, 6.45) is 0. The zero-order valence-electron chi connectivity index (χ0n) is 13.2. The second-order valence-corrected chi connectivity index (χ2v) is 6.15. The number of hydrogen-bond donors (Lipinski definition) is 1. The van der Waals surface area contributed by atoms with Gasteiger partial charge in [0.1, 0.15) is 25.6 Å². The standard InChI is InChI=1S/C18H19NO4S/c20-18(19-8-9-21-14-4-2-1-3-5-14)13-24-15-6-7-16-17(12-15)23-11-10-22-16/h1-7,12H,8-11,13H2,(H,19,20). The van der Waals surface area contributed by atoms with Crippen molar-refractivity contribution in [1.29, 1.82) is 0 Å². The second kappa shape index (κ2) is 8.49. The minimum atomic E-state index is -0.0217. The summed E-state index contributed by atoms with van der Waals surface area (Å²) in [5.74, 6) is 2.63. The van der Waals surface area contributed by atoms with Gasteiger partial charge in [-0.2, -0.15) is 0 Å². The normalized spacial score (nSPS) is 12.5. The van der Waals surface area contributed by atoms with Gasteiger partial charge in [0.05, 0.1) is 12.3 Å². The van der Waals surface area contributed by atoms with E-state index in [0.717, 1.165) is 22.1 Å². The maximum absolute atomic E-state index is 11.9. The van der Waals surface area contributed by atoms with Crippen molar-refractivity contribution in [3.8, 4) is 17.2 Å². The summed E-state index contributed by atoms with van der Waals surface area (Å²) >= 11 is 1.47. The first kappa shape index (κ1) is 16.5. The van der Waals surface area contributed by atoms with E-state index in [9.17, 15) is 4.79 Å². The van der Waals surface area contributed by atoms with Crippen LogP contribution in [0.5, 0.6) is 17.2 Å². The van der Waals surface area contributed by atoms with Crippen LogP contribution in [0.3, 0.4) is 0 Å². The molecule has 2 aromatic carbocycles. The largest absolute Gasteiger partial charge is 0.492 e. The molecular weight excluding hydrogens is 326 g/mol. The summed E-state index contributed by atoms with van der Waals surface area (Å²) in [6.45, 7) is 2.07. The highest BCUT2D eigenvalue weighted by Gasteiger charge is 2.12. The summed E-state index contributed by atoms with van der Waals surface area (Å²) in [7, 11) is 0. The van der Waals surface area contributed by atoms with E-state index in [1.54, 1.807) is 0 Å². The number of benzene rings is 2. The minimum Gasteiger partial charge on any atom is -0.492 e. The Hall–Kier alpha value is -2.34. The quantitative estimate of drug-likeness (QED) is 0.618. The van der Waals surface area contributed by atoms with Crippen LogP contribution < -0.4 is 19.5 Å². The highest BCUT2D eigenvalue weighted by atomic mass is 32.2. The van der Waals surface area contributed by atoms with Crippen molar-refractivity contribution in [3.05, 3.63) is 48.5 Å². The third kappa shape index (κ3) is 4.83. The fraction of sp³-hybridized carbons (Fsp3) is 0.278. The Labute approximate surface area is 145 Å². The lowest BCUT2D eigenvalue weighted by atomic mass is 10.3. The van der Waals surface area contributed by atoms with Gasteiger partial charge in [0.2, 0.25) is 5.91 Å². The molecule has 6 heteroatoms. The van der Waals surface area contributed by atoms with Crippen LogP contribution >= 0.6 is 11.8 Å². The lowest BCUT2D eigenvalue weighted by Gasteiger charge is -2.18. The molecule has 0 radical (unpaired) electrons. The lowest BCUT2D eigenvalue weighted by molar-refractivity contribution is -0.118. The van der Waals surface area contributed by atoms with E-state index < -0.39 is 0 Å². The molecule has 0 spiro atoms. The van der Waals surface area contributed by atoms with Crippen LogP contribution in [0.2, 0.25) is 0 Å². The molecule has 24 heavy (non-hydrogen) atoms. The fourth-order valence-electron chi connectivity index (χ4n) is 2.19. The molecule has 3 rings (SSSR count). The number of hydrogen-bond acceptors (Lipinski definition) is 5. The van der Waals surface area contributed by atoms with Crippen molar-refractivity contribution in [1.82, 2.24) is 5.32 Å². The molecule has 0 saturated heterocycles. The van der Waals surface area contributed by atoms with Gasteiger partial charge >= 0.3 is 0 Å². The highest BCUT2D eigenvalue weighted by molar-refractivity contribution is 8.00. The molecule has 0 atom stereocenters. The number of para-hydroxylation sites is 1. The first-order valence-electron chi connectivity index (χ1n) is 7.78. The Bertz CT molecular complexity index is 678. The van der Waals surface area contributed by atoms with Crippen LogP contribution in [0.1, 0.15) is 0 Å². The van der Waals surface area contributed by atoms with Gasteiger partial charge in [-0.25, -0.2) is 0 Å². The fourth-order valence-corrected chi connectivity index (χ4v) is 2.94. The number of nitrogens with one attached hydrogen (secondary N) is 1. The SMILES string of the molecule is O=C(CSc1ccc2c(c1)OCCO2)NCCOc1ccccc1. The zero-order valence-corrected chi connectivity index (χ0v) is 14.0. The van der Waals surface area contributed by atoms with Crippen molar-refractivity contribution in [2.24, 2.45) is 0 Å². The molecule has 0 fully saturated rings. The minimum absolute atomic E-state index is 0.0217. The third-order valence-corrected chi connectivity index (χ3v) is 4.31. The number of carbonyl (C=O) groups is 1. The molecule has 1 amide bonds. The van der Waals surface area contributed by atoms with Gasteiger partial charge in [0, 0.05) is 4.90 Å². The molecule has 2 aromatic rings. The van der Waals surface area contributed by atoms with Crippen molar-refractivity contribution >= 4 is 17.7 Å². The van der Waals surface area contributed by atoms with Crippen molar-refractivity contribution in [2.45, 2.75) is 4.90 Å². The van der Waals surface area contributed by atoms with Gasteiger partial charge in [-0.3, -0.25) is 4.79 Å². The molecule has 0 saturated carbocycles. The predicted molar refractivity (Wildman–Crippen MR) is 93.1 cm³/mol. The van der Waals surface area contributed by atoms with E-state index in [1.165, 1.54) is 11.8 Å². The Morgan fingerprint density at radius 1 is 1.08 bits per heavy atom. The van der Waals surface area contributed by atoms with Crippen LogP contribution in [-0.4, -0.2) is 38.0 Å². The molecule has 126 valence electrons. The summed E-state index contributed by atoms with van der Waals surface area (Å²) in [5, 5.41) is 2.84. The smallest absolute Gasteiger partial charge is 0.230 e. The van der Waals surface area contributed by atoms with E-state index in [2.05, 4.69) is 5.32 Å². The molecule has 0 unspecified atom stereocenters. The van der Waals surface area contributed by atoms with E-state index in [0.29, 0.717) is 32.1 Å². The van der Waals surface area contributed by atoms with Crippen LogP contribution in [0.25, 0.3) is 0 Å². The Morgan fingerprint density at radius 3 is 2.71 bits per heavy atom. The van der Waals surface area contributed by atoms with Gasteiger partial charge in [-0.05, 0) is 30.3 Å². The maximum atomic E-state index is 11.9. The van der Waals surface area contributed by atoms with E-state index >= 15 is 0 Å². The van der Waals surface area contributed by atoms with Gasteiger partial charge in [0.15, 0.2) is 11.5 Å². The lowest BCUT2D eigenvalue weighted by Crippen LogP contribution is -2.29. The van der Waals surface area contributed by atoms with Gasteiger partial charge < -0.3 is 19.5 Å². The van der Waals surface area contributed by atoms with Gasteiger partial charge in [-0.1, -0.05) is 18.2 Å². The van der Waals surface area contributed by atoms with E-state index in [4.69, 9.17) is 14.2 Å². The van der Waals surface area contributed by atoms with E-state index in [1.807, 2.05) is 48.5 Å². The molecule has 0 bridgehead atoms. The third-order valence-electron chi connectivity index (χ3n) is 3.32. The average molecular weight is 345 g/mol. The molecule has 1 N–H and O–H groups in total. The van der Waals surface area contributed by atoms with Crippen molar-refractivity contribution < 1.29 is 19.0 Å². The topological polar surface area (TPSA) is 56.8 Å². The summed E-state index contributed by atoms with van der Waals surface area (Å²) in [5.41, 5.74) is 0. The zero-order chi connectivity index (χ0) is 16.6. The van der Waals surface area contributed by atoms with Crippen LogP contribution in [0, 0.1) is 0 Å². The summed E-state index contributed by atoms with van der Waals surface area (Å²) in [4.78, 5) is 12.9. The monoisotopic (exact) mass is 345 g/mol. The van der Waals surface area contributed by atoms with Crippen LogP contribution in [0.15, 0.2) is 53.4 Å². The molecule has 1 heterocycles. The van der Waals surface area contributed by atoms with Crippen molar-refractivity contribution in [3.63, 3.8) is 0 Å². The number of thioether (sulfide) groups is 1. The molecule has 0 aliphatic carbocycles. The average Bonchev–Trinajstić information content (AvgIpc) is 2.64. The van der Waals surface area contributed by atoms with E-state index in [-0.39, 0.29) is 5.91 Å². The number of rotatable bonds is 7. The first-order valence-corrected chi connectivity index (χ1v) is 8.77. The van der Waals surface area contributed by atoms with Gasteiger partial charge in [0.25, 0.3) is 0 Å². The number of carbonyl (C=O) groups excluding carboxylic acids is 1. The van der Waals surface area contributed by atoms with Gasteiger partial charge in [-0.15, -0.1) is 11.8 Å². The summed E-state index contributed by atoms with van der Waals surface area (Å²) in [6, 6.07) is 15.3. The first-order chi connectivity index (χ1) is 11.8. The van der Waals surface area contributed by atoms with Crippen LogP contribution in [0.4, 0.5) is 0 Å². The molecular formula is C18H19NO4S. The van der Waals surface area contributed by atoms with Crippen LogP contribution in [-0.2, 0) is 4.79 Å². The number of fused-ring (bicyclic) bond motifs is 1. The molecule has 1 aliphatic heterocycles.